The molecule has 0 saturated carbocycles. The lowest BCUT2D eigenvalue weighted by molar-refractivity contribution is 0.668. The predicted octanol–water partition coefficient (Wildman–Crippen LogP) is 21.7. The van der Waals surface area contributed by atoms with Gasteiger partial charge in [0.15, 0.2) is 0 Å². The molecular formula is C82H48N6O2. The second kappa shape index (κ2) is 18.6. The van der Waals surface area contributed by atoms with Gasteiger partial charge in [0.25, 0.3) is 0 Å². The smallest absolute Gasteiger partial charge is 0.237 e. The first kappa shape index (κ1) is 48.9. The highest BCUT2D eigenvalue weighted by molar-refractivity contribution is 6.16. The summed E-state index contributed by atoms with van der Waals surface area (Å²) in [6, 6.07) is 105. The SMILES string of the molecule is c1ccc(-c2cc(-n3c4ccccc4c4cc(-c5ccc6c(c5)c5ccccc5n6-c5ccc6oc7ccccc7c6c5)ccc43)nc(-n3c4ccccc4c4cc(-c5ccc6c(c5)c5ccccc5n6-c5ccc6oc7ccccc7c6c5)ccc43)n2)cc1. The quantitative estimate of drug-likeness (QED) is 0.159. The molecule has 0 unspecified atom stereocenters. The molecular weight excluding hydrogens is 1100 g/mol. The van der Waals surface area contributed by atoms with Crippen LogP contribution < -0.4 is 0 Å². The number of nitrogens with zero attached hydrogens (tertiary/aromatic N) is 6. The number of hydrogen-bond donors (Lipinski definition) is 0. The highest BCUT2D eigenvalue weighted by Gasteiger charge is 2.23. The molecule has 0 bridgehead atoms. The van der Waals surface area contributed by atoms with Crippen molar-refractivity contribution >= 4 is 131 Å². The van der Waals surface area contributed by atoms with Gasteiger partial charge in [0.05, 0.1) is 49.8 Å². The molecule has 90 heavy (non-hydrogen) atoms. The maximum Gasteiger partial charge on any atom is 0.237 e. The van der Waals surface area contributed by atoms with Crippen LogP contribution in [0.1, 0.15) is 0 Å². The van der Waals surface area contributed by atoms with Crippen LogP contribution >= 0.6 is 0 Å². The number of fused-ring (bicyclic) bond motifs is 18. The number of aromatic nitrogens is 6. The Morgan fingerprint density at radius 1 is 0.211 bits per heavy atom. The maximum absolute atomic E-state index is 6.25. The first-order valence-corrected chi connectivity index (χ1v) is 30.5. The maximum atomic E-state index is 6.25. The van der Waals surface area contributed by atoms with Gasteiger partial charge in [0.2, 0.25) is 5.95 Å². The predicted molar refractivity (Wildman–Crippen MR) is 370 cm³/mol. The molecule has 0 fully saturated rings. The fourth-order valence-electron chi connectivity index (χ4n) is 14.7. The Bertz CT molecular complexity index is 6060. The molecule has 0 amide bonds. The van der Waals surface area contributed by atoms with Gasteiger partial charge in [-0.2, -0.15) is 4.98 Å². The van der Waals surface area contributed by atoms with Crippen molar-refractivity contribution in [3.8, 4) is 56.7 Å². The molecule has 20 rings (SSSR count). The summed E-state index contributed by atoms with van der Waals surface area (Å²) in [7, 11) is 0. The molecule has 0 aliphatic carbocycles. The van der Waals surface area contributed by atoms with Crippen LogP contribution in [-0.4, -0.2) is 28.2 Å². The third kappa shape index (κ3) is 7.12. The lowest BCUT2D eigenvalue weighted by Gasteiger charge is -2.14. The van der Waals surface area contributed by atoms with Crippen molar-refractivity contribution in [3.63, 3.8) is 0 Å². The van der Waals surface area contributed by atoms with Gasteiger partial charge in [0.1, 0.15) is 28.1 Å². The Kier molecular flexibility index (Phi) is 10.1. The van der Waals surface area contributed by atoms with E-state index in [0.29, 0.717) is 5.95 Å². The standard InChI is InChI=1S/C82H48N6O2/c1-2-16-49(17-3-1)68-48-81(87-71-26-12-6-20-58(71)64-44-52(32-38-75(64)87)50-30-36-73-62(42-50)56-18-4-10-24-69(56)85(73)54-34-40-79-66(46-54)60-22-8-14-28-77(60)89-79)84-82(83-68)88-72-27-13-7-21-59(72)65-45-53(33-39-76(65)88)51-31-37-74-63(43-51)57-19-5-11-25-70(57)86(74)55-35-41-80-67(47-55)61-23-9-15-29-78(61)90-80/h1-48H. The van der Waals surface area contributed by atoms with Gasteiger partial charge in [-0.25, -0.2) is 4.98 Å². The second-order valence-corrected chi connectivity index (χ2v) is 23.7. The first-order valence-electron chi connectivity index (χ1n) is 30.5. The summed E-state index contributed by atoms with van der Waals surface area (Å²) < 4.78 is 21.8. The Morgan fingerprint density at radius 2 is 0.556 bits per heavy atom. The lowest BCUT2D eigenvalue weighted by Crippen LogP contribution is -2.07. The van der Waals surface area contributed by atoms with Crippen LogP contribution in [-0.2, 0) is 0 Å². The highest BCUT2D eigenvalue weighted by atomic mass is 16.3. The van der Waals surface area contributed by atoms with E-state index in [1.165, 1.54) is 21.5 Å². The molecule has 8 heteroatoms. The molecule has 7 aromatic heterocycles. The lowest BCUT2D eigenvalue weighted by atomic mass is 10.0. The molecule has 0 radical (unpaired) electrons. The van der Waals surface area contributed by atoms with E-state index in [1.54, 1.807) is 0 Å². The van der Waals surface area contributed by atoms with Crippen molar-refractivity contribution in [2.45, 2.75) is 0 Å². The third-order valence-electron chi connectivity index (χ3n) is 18.8. The number of hydrogen-bond acceptors (Lipinski definition) is 4. The third-order valence-corrected chi connectivity index (χ3v) is 18.8. The van der Waals surface area contributed by atoms with Gasteiger partial charge >= 0.3 is 0 Å². The molecule has 418 valence electrons. The Balaban J connectivity index is 0.717. The summed E-state index contributed by atoms with van der Waals surface area (Å²) in [6.45, 7) is 0. The zero-order valence-electron chi connectivity index (χ0n) is 48.2. The van der Waals surface area contributed by atoms with E-state index in [9.17, 15) is 0 Å². The molecule has 0 spiro atoms. The summed E-state index contributed by atoms with van der Waals surface area (Å²) in [6.07, 6.45) is 0. The number of rotatable bonds is 7. The molecule has 13 aromatic carbocycles. The van der Waals surface area contributed by atoms with Crippen molar-refractivity contribution in [1.82, 2.24) is 28.2 Å². The topological polar surface area (TPSA) is 71.8 Å². The average Bonchev–Trinajstić information content (AvgIpc) is 1.68. The number of benzene rings is 13. The molecule has 0 aliphatic heterocycles. The largest absolute Gasteiger partial charge is 0.456 e. The van der Waals surface area contributed by atoms with Crippen LogP contribution in [0, 0.1) is 0 Å². The molecule has 20 aromatic rings. The van der Waals surface area contributed by atoms with Gasteiger partial charge in [-0.3, -0.25) is 9.13 Å². The van der Waals surface area contributed by atoms with E-state index >= 15 is 0 Å². The van der Waals surface area contributed by atoms with Crippen LogP contribution in [0.3, 0.4) is 0 Å². The second-order valence-electron chi connectivity index (χ2n) is 23.7. The van der Waals surface area contributed by atoms with E-state index in [-0.39, 0.29) is 0 Å². The number of furan rings is 2. The van der Waals surface area contributed by atoms with Crippen molar-refractivity contribution < 1.29 is 8.83 Å². The van der Waals surface area contributed by atoms with Gasteiger partial charge in [-0.15, -0.1) is 0 Å². The van der Waals surface area contributed by atoms with E-state index in [2.05, 4.69) is 285 Å². The monoisotopic (exact) mass is 1150 g/mol. The van der Waals surface area contributed by atoms with Gasteiger partial charge in [0, 0.05) is 87.6 Å². The fourth-order valence-corrected chi connectivity index (χ4v) is 14.7. The highest BCUT2D eigenvalue weighted by Crippen LogP contribution is 2.43. The van der Waals surface area contributed by atoms with Crippen LogP contribution in [0.2, 0.25) is 0 Å². The van der Waals surface area contributed by atoms with Crippen molar-refractivity contribution in [2.75, 3.05) is 0 Å². The fraction of sp³-hybridized carbons (Fsp3) is 0. The zero-order chi connectivity index (χ0) is 58.7. The van der Waals surface area contributed by atoms with Crippen LogP contribution in [0.15, 0.2) is 300 Å². The van der Waals surface area contributed by atoms with E-state index in [0.717, 1.165) is 160 Å². The molecule has 8 nitrogen and oxygen atoms in total. The van der Waals surface area contributed by atoms with Crippen molar-refractivity contribution in [2.24, 2.45) is 0 Å². The van der Waals surface area contributed by atoms with E-state index in [1.807, 2.05) is 24.3 Å². The number of para-hydroxylation sites is 6. The molecule has 0 N–H and O–H groups in total. The van der Waals surface area contributed by atoms with Gasteiger partial charge in [-0.1, -0.05) is 164 Å². The van der Waals surface area contributed by atoms with E-state index in [4.69, 9.17) is 18.8 Å². The summed E-state index contributed by atoms with van der Waals surface area (Å²) in [5.74, 6) is 1.37. The van der Waals surface area contributed by atoms with Crippen LogP contribution in [0.25, 0.3) is 188 Å². The van der Waals surface area contributed by atoms with Crippen LogP contribution in [0.5, 0.6) is 0 Å². The zero-order valence-corrected chi connectivity index (χ0v) is 48.2. The van der Waals surface area contributed by atoms with Crippen molar-refractivity contribution in [3.05, 3.63) is 291 Å². The minimum atomic E-state index is 0.592. The molecule has 7 heterocycles. The summed E-state index contributed by atoms with van der Waals surface area (Å²) in [4.78, 5) is 11.1. The normalized spacial score (nSPS) is 12.2. The molecule has 0 aliphatic rings. The summed E-state index contributed by atoms with van der Waals surface area (Å²) in [5, 5.41) is 13.8. The molecule has 0 saturated heterocycles. The Labute approximate surface area is 513 Å². The van der Waals surface area contributed by atoms with Crippen molar-refractivity contribution in [1.29, 1.82) is 0 Å². The summed E-state index contributed by atoms with van der Waals surface area (Å²) in [5.41, 5.74) is 20.9. The summed E-state index contributed by atoms with van der Waals surface area (Å²) >= 11 is 0. The van der Waals surface area contributed by atoms with Gasteiger partial charge < -0.3 is 18.0 Å². The minimum Gasteiger partial charge on any atom is -0.456 e. The Morgan fingerprint density at radius 3 is 1.01 bits per heavy atom. The van der Waals surface area contributed by atoms with Gasteiger partial charge in [-0.05, 0) is 144 Å². The minimum absolute atomic E-state index is 0.592. The Hall–Kier alpha value is -12.3. The average molecular weight is 1150 g/mol. The molecule has 0 atom stereocenters. The van der Waals surface area contributed by atoms with Crippen LogP contribution in [0.4, 0.5) is 0 Å². The van der Waals surface area contributed by atoms with E-state index < -0.39 is 0 Å². The first-order chi connectivity index (χ1) is 44.6.